The van der Waals surface area contributed by atoms with Crippen LogP contribution in [0.15, 0.2) is 30.6 Å². The standard InChI is InChI=1S/C22H22FN7O2/c1-29-17(6-13(28-29)4-5-24)14-7-19-22(30-11-26-27-21(14)30)25-8-15-16(23)2-3-18-20(15)12(9-31-18)10-32-19/h2-3,6-7,11-12,25H,4-5,8-10,24H2,1H3/t12-/m0/s1. The Labute approximate surface area is 183 Å². The minimum atomic E-state index is -0.255. The Hall–Kier alpha value is -3.66. The van der Waals surface area contributed by atoms with Crippen molar-refractivity contribution in [1.29, 1.82) is 0 Å². The molecule has 2 aliphatic heterocycles. The van der Waals surface area contributed by atoms with Crippen molar-refractivity contribution in [3.8, 4) is 22.8 Å². The van der Waals surface area contributed by atoms with E-state index in [9.17, 15) is 4.39 Å². The Morgan fingerprint density at radius 2 is 2.06 bits per heavy atom. The number of nitrogens with two attached hydrogens (primary N) is 1. The van der Waals surface area contributed by atoms with E-state index in [0.29, 0.717) is 55.5 Å². The Bertz CT molecular complexity index is 1350. The second kappa shape index (κ2) is 7.20. The molecule has 0 saturated heterocycles. The van der Waals surface area contributed by atoms with Crippen LogP contribution >= 0.6 is 0 Å². The van der Waals surface area contributed by atoms with Crippen molar-refractivity contribution in [3.05, 3.63) is 53.2 Å². The number of nitrogens with one attached hydrogen (secondary N) is 1. The van der Waals surface area contributed by atoms with Crippen LogP contribution in [0.1, 0.15) is 22.7 Å². The van der Waals surface area contributed by atoms with Gasteiger partial charge < -0.3 is 20.5 Å². The number of aryl methyl sites for hydroxylation is 1. The third kappa shape index (κ3) is 2.83. The van der Waals surface area contributed by atoms with Gasteiger partial charge in [0.15, 0.2) is 17.2 Å². The van der Waals surface area contributed by atoms with E-state index in [4.69, 9.17) is 15.2 Å². The summed E-state index contributed by atoms with van der Waals surface area (Å²) in [6.07, 6.45) is 2.32. The lowest BCUT2D eigenvalue weighted by atomic mass is 9.96. The van der Waals surface area contributed by atoms with E-state index in [-0.39, 0.29) is 11.7 Å². The molecule has 6 rings (SSSR count). The number of benzene rings is 1. The summed E-state index contributed by atoms with van der Waals surface area (Å²) in [6, 6.07) is 7.10. The summed E-state index contributed by atoms with van der Waals surface area (Å²) in [5, 5.41) is 16.4. The quantitative estimate of drug-likeness (QED) is 0.509. The van der Waals surface area contributed by atoms with Crippen molar-refractivity contribution < 1.29 is 13.9 Å². The molecule has 0 spiro atoms. The Morgan fingerprint density at radius 3 is 2.91 bits per heavy atom. The van der Waals surface area contributed by atoms with Crippen molar-refractivity contribution in [1.82, 2.24) is 24.4 Å². The summed E-state index contributed by atoms with van der Waals surface area (Å²) < 4.78 is 30.5. The van der Waals surface area contributed by atoms with E-state index in [1.165, 1.54) is 6.07 Å². The largest absolute Gasteiger partial charge is 0.493 e. The van der Waals surface area contributed by atoms with Gasteiger partial charge in [0, 0.05) is 36.7 Å². The molecule has 0 saturated carbocycles. The van der Waals surface area contributed by atoms with E-state index in [0.717, 1.165) is 28.3 Å². The number of halogens is 1. The molecular weight excluding hydrogens is 413 g/mol. The van der Waals surface area contributed by atoms with Crippen LogP contribution in [0.5, 0.6) is 11.5 Å². The first-order chi connectivity index (χ1) is 15.6. The van der Waals surface area contributed by atoms with E-state index in [1.54, 1.807) is 12.4 Å². The summed E-state index contributed by atoms with van der Waals surface area (Å²) in [4.78, 5) is 0. The van der Waals surface area contributed by atoms with Crippen molar-refractivity contribution >= 4 is 11.5 Å². The van der Waals surface area contributed by atoms with Crippen LogP contribution in [-0.2, 0) is 20.0 Å². The third-order valence-electron chi connectivity index (χ3n) is 6.13. The van der Waals surface area contributed by atoms with Gasteiger partial charge in [0.05, 0.1) is 30.5 Å². The number of hydrogen-bond acceptors (Lipinski definition) is 7. The Balaban J connectivity index is 1.49. The lowest BCUT2D eigenvalue weighted by molar-refractivity contribution is 0.249. The molecule has 1 atom stereocenters. The maximum absolute atomic E-state index is 14.7. The van der Waals surface area contributed by atoms with Gasteiger partial charge in [-0.05, 0) is 30.8 Å². The fraction of sp³-hybridized carbons (Fsp3) is 0.318. The van der Waals surface area contributed by atoms with Crippen LogP contribution in [0.3, 0.4) is 0 Å². The molecule has 10 heteroatoms. The average molecular weight is 435 g/mol. The average Bonchev–Trinajstić information content (AvgIpc) is 3.50. The SMILES string of the molecule is Cn1nc(CCN)cc1-c1cc2c(n3cnnc13)NCc1c(F)ccc3c1[C@@H](CO3)CO2. The van der Waals surface area contributed by atoms with Gasteiger partial charge in [0.25, 0.3) is 0 Å². The van der Waals surface area contributed by atoms with Gasteiger partial charge >= 0.3 is 0 Å². The summed E-state index contributed by atoms with van der Waals surface area (Å²) in [7, 11) is 1.89. The van der Waals surface area contributed by atoms with Crippen molar-refractivity contribution in [2.75, 3.05) is 25.1 Å². The van der Waals surface area contributed by atoms with E-state index >= 15 is 0 Å². The first-order valence-corrected chi connectivity index (χ1v) is 10.5. The summed E-state index contributed by atoms with van der Waals surface area (Å²) >= 11 is 0. The summed E-state index contributed by atoms with van der Waals surface area (Å²) in [5.41, 5.74) is 10.5. The topological polar surface area (TPSA) is 105 Å². The lowest BCUT2D eigenvalue weighted by Crippen LogP contribution is -2.13. The van der Waals surface area contributed by atoms with Gasteiger partial charge in [-0.25, -0.2) is 4.39 Å². The monoisotopic (exact) mass is 435 g/mol. The molecule has 3 N–H and O–H groups in total. The van der Waals surface area contributed by atoms with E-state index < -0.39 is 0 Å². The number of anilines is 1. The van der Waals surface area contributed by atoms with Crippen LogP contribution in [0.2, 0.25) is 0 Å². The molecule has 0 bridgehead atoms. The molecule has 0 aliphatic carbocycles. The zero-order valence-electron chi connectivity index (χ0n) is 17.5. The molecule has 1 aromatic carbocycles. The van der Waals surface area contributed by atoms with Gasteiger partial charge in [-0.1, -0.05) is 0 Å². The van der Waals surface area contributed by atoms with E-state index in [2.05, 4.69) is 20.6 Å². The number of rotatable bonds is 3. The molecule has 32 heavy (non-hydrogen) atoms. The highest BCUT2D eigenvalue weighted by Gasteiger charge is 2.31. The normalized spacial score (nSPS) is 16.9. The Morgan fingerprint density at radius 1 is 1.22 bits per heavy atom. The highest BCUT2D eigenvalue weighted by Crippen LogP contribution is 2.41. The first kappa shape index (κ1) is 19.1. The summed E-state index contributed by atoms with van der Waals surface area (Å²) in [6.45, 7) is 1.66. The molecule has 3 aromatic heterocycles. The Kier molecular flexibility index (Phi) is 4.29. The van der Waals surface area contributed by atoms with Crippen LogP contribution in [0.25, 0.3) is 16.9 Å². The maximum atomic E-state index is 14.7. The van der Waals surface area contributed by atoms with Gasteiger partial charge in [-0.3, -0.25) is 9.08 Å². The molecule has 164 valence electrons. The number of fused-ring (bicyclic) bond motifs is 3. The predicted molar refractivity (Wildman–Crippen MR) is 115 cm³/mol. The van der Waals surface area contributed by atoms with Gasteiger partial charge in [-0.15, -0.1) is 10.2 Å². The van der Waals surface area contributed by atoms with Crippen LogP contribution in [0.4, 0.5) is 10.2 Å². The fourth-order valence-corrected chi connectivity index (χ4v) is 4.62. The molecule has 5 heterocycles. The molecule has 0 amide bonds. The number of ether oxygens (including phenoxy) is 2. The van der Waals surface area contributed by atoms with Crippen molar-refractivity contribution in [2.24, 2.45) is 12.8 Å². The number of pyridine rings is 1. The zero-order valence-corrected chi connectivity index (χ0v) is 17.5. The van der Waals surface area contributed by atoms with Crippen LogP contribution in [-0.4, -0.2) is 44.1 Å². The molecule has 0 fully saturated rings. The molecule has 0 unspecified atom stereocenters. The molecule has 0 radical (unpaired) electrons. The lowest BCUT2D eigenvalue weighted by Gasteiger charge is -2.16. The van der Waals surface area contributed by atoms with Crippen LogP contribution in [0, 0.1) is 5.82 Å². The second-order valence-corrected chi connectivity index (χ2v) is 8.09. The highest BCUT2D eigenvalue weighted by molar-refractivity contribution is 5.80. The predicted octanol–water partition coefficient (Wildman–Crippen LogP) is 2.25. The highest BCUT2D eigenvalue weighted by atomic mass is 19.1. The molecule has 4 aromatic rings. The number of aromatic nitrogens is 5. The van der Waals surface area contributed by atoms with Gasteiger partial charge in [0.2, 0.25) is 0 Å². The first-order valence-electron chi connectivity index (χ1n) is 10.5. The van der Waals surface area contributed by atoms with Gasteiger partial charge in [-0.2, -0.15) is 5.10 Å². The zero-order chi connectivity index (χ0) is 21.8. The van der Waals surface area contributed by atoms with E-state index in [1.807, 2.05) is 28.3 Å². The molecule has 2 aliphatic rings. The number of hydrogen-bond donors (Lipinski definition) is 2. The second-order valence-electron chi connectivity index (χ2n) is 8.09. The van der Waals surface area contributed by atoms with Crippen molar-refractivity contribution in [3.63, 3.8) is 0 Å². The third-order valence-corrected chi connectivity index (χ3v) is 6.13. The number of nitrogens with zero attached hydrogens (tertiary/aromatic N) is 5. The molecule has 9 nitrogen and oxygen atoms in total. The minimum absolute atomic E-state index is 0.0450. The fourth-order valence-electron chi connectivity index (χ4n) is 4.62. The van der Waals surface area contributed by atoms with Crippen molar-refractivity contribution in [2.45, 2.75) is 18.9 Å². The summed E-state index contributed by atoms with van der Waals surface area (Å²) in [5.74, 6) is 1.73. The van der Waals surface area contributed by atoms with Crippen LogP contribution < -0.4 is 20.5 Å². The minimum Gasteiger partial charge on any atom is -0.493 e. The van der Waals surface area contributed by atoms with Gasteiger partial charge in [0.1, 0.15) is 17.9 Å². The maximum Gasteiger partial charge on any atom is 0.171 e. The molecular formula is C22H22FN7O2. The smallest absolute Gasteiger partial charge is 0.171 e.